The van der Waals surface area contributed by atoms with E-state index < -0.39 is 22.3 Å². The van der Waals surface area contributed by atoms with Gasteiger partial charge in [-0.3, -0.25) is 13.7 Å². The first-order valence-corrected chi connectivity index (χ1v) is 13.7. The maximum atomic E-state index is 13.4. The van der Waals surface area contributed by atoms with E-state index in [-0.39, 0.29) is 24.5 Å². The van der Waals surface area contributed by atoms with Crippen molar-refractivity contribution in [2.45, 2.75) is 44.6 Å². The Bertz CT molecular complexity index is 1370. The first-order chi connectivity index (χ1) is 17.2. The zero-order valence-electron chi connectivity index (χ0n) is 19.4. The SMILES string of the molecule is Cc1cnn2c1C(c1csc(C(=O)c3cncnc3NC3C[C@H](COS(N)(=O)=O)[C@@H](O)C3)c1)OCC2. The molecule has 3 aromatic heterocycles. The highest BCUT2D eigenvalue weighted by Crippen LogP contribution is 2.35. The summed E-state index contributed by atoms with van der Waals surface area (Å²) < 4.78 is 34.8. The topological polar surface area (TPSA) is 172 Å². The summed E-state index contributed by atoms with van der Waals surface area (Å²) in [4.78, 5) is 22.2. The second-order valence-corrected chi connectivity index (χ2v) is 11.1. The molecule has 36 heavy (non-hydrogen) atoms. The number of nitrogens with zero attached hydrogens (tertiary/aromatic N) is 4. The summed E-state index contributed by atoms with van der Waals surface area (Å²) in [6, 6.07) is 1.59. The van der Waals surface area contributed by atoms with Crippen LogP contribution in [-0.4, -0.2) is 64.4 Å². The molecule has 1 aliphatic carbocycles. The summed E-state index contributed by atoms with van der Waals surface area (Å²) in [5, 5.41) is 24.7. The van der Waals surface area contributed by atoms with Crippen molar-refractivity contribution < 1.29 is 27.2 Å². The number of nitrogens with two attached hydrogens (primary N) is 1. The van der Waals surface area contributed by atoms with Gasteiger partial charge in [-0.25, -0.2) is 15.1 Å². The number of aliphatic hydroxyl groups excluding tert-OH is 1. The van der Waals surface area contributed by atoms with Gasteiger partial charge in [0.1, 0.15) is 18.2 Å². The molecule has 1 fully saturated rings. The third-order valence-electron chi connectivity index (χ3n) is 6.46. The van der Waals surface area contributed by atoms with Gasteiger partial charge in [-0.15, -0.1) is 11.3 Å². The van der Waals surface area contributed by atoms with Crippen molar-refractivity contribution in [1.29, 1.82) is 0 Å². The molecule has 0 amide bonds. The van der Waals surface area contributed by atoms with Crippen molar-refractivity contribution in [2.75, 3.05) is 18.5 Å². The number of hydrogen-bond donors (Lipinski definition) is 3. The molecule has 5 rings (SSSR count). The van der Waals surface area contributed by atoms with Crippen LogP contribution in [0.3, 0.4) is 0 Å². The maximum absolute atomic E-state index is 13.4. The second-order valence-electron chi connectivity index (χ2n) is 8.96. The third-order valence-corrected chi connectivity index (χ3v) is 7.87. The van der Waals surface area contributed by atoms with Gasteiger partial charge in [0.15, 0.2) is 0 Å². The molecule has 0 aromatic carbocycles. The number of ketones is 1. The molecule has 2 aliphatic rings. The van der Waals surface area contributed by atoms with Crippen LogP contribution >= 0.6 is 11.3 Å². The molecule has 3 aromatic rings. The molecule has 4 atom stereocenters. The lowest BCUT2D eigenvalue weighted by atomic mass is 10.0. The molecule has 2 unspecified atom stereocenters. The van der Waals surface area contributed by atoms with Crippen LogP contribution in [-0.2, 0) is 25.8 Å². The third kappa shape index (κ3) is 5.19. The Morgan fingerprint density at radius 2 is 2.22 bits per heavy atom. The van der Waals surface area contributed by atoms with Crippen molar-refractivity contribution in [2.24, 2.45) is 11.1 Å². The first-order valence-electron chi connectivity index (χ1n) is 11.4. The summed E-state index contributed by atoms with van der Waals surface area (Å²) in [5.41, 5.74) is 3.21. The summed E-state index contributed by atoms with van der Waals surface area (Å²) in [5.74, 6) is -0.310. The van der Waals surface area contributed by atoms with Gasteiger partial charge >= 0.3 is 10.3 Å². The fourth-order valence-electron chi connectivity index (χ4n) is 4.72. The molecule has 1 saturated carbocycles. The lowest BCUT2D eigenvalue weighted by Gasteiger charge is -2.24. The number of hydrogen-bond acceptors (Lipinski definition) is 11. The van der Waals surface area contributed by atoms with Crippen LogP contribution in [0.15, 0.2) is 30.2 Å². The molecule has 1 aliphatic heterocycles. The predicted molar refractivity (Wildman–Crippen MR) is 130 cm³/mol. The van der Waals surface area contributed by atoms with Gasteiger partial charge in [-0.05, 0) is 42.3 Å². The van der Waals surface area contributed by atoms with Crippen LogP contribution < -0.4 is 10.5 Å². The Hall–Kier alpha value is -2.75. The van der Waals surface area contributed by atoms with E-state index >= 15 is 0 Å². The smallest absolute Gasteiger partial charge is 0.333 e. The number of thiophene rings is 1. The quantitative estimate of drug-likeness (QED) is 0.356. The van der Waals surface area contributed by atoms with Crippen molar-refractivity contribution in [3.63, 3.8) is 0 Å². The Morgan fingerprint density at radius 3 is 3.03 bits per heavy atom. The van der Waals surface area contributed by atoms with Crippen LogP contribution in [0, 0.1) is 12.8 Å². The van der Waals surface area contributed by atoms with Gasteiger partial charge in [0.2, 0.25) is 5.78 Å². The van der Waals surface area contributed by atoms with Gasteiger partial charge in [0.05, 0.1) is 48.2 Å². The molecule has 4 N–H and O–H groups in total. The van der Waals surface area contributed by atoms with E-state index in [9.17, 15) is 18.3 Å². The molecule has 0 bridgehead atoms. The molecule has 0 spiro atoms. The number of carbonyl (C=O) groups is 1. The maximum Gasteiger partial charge on any atom is 0.333 e. The van der Waals surface area contributed by atoms with E-state index in [0.717, 1.165) is 16.8 Å². The number of fused-ring (bicyclic) bond motifs is 1. The van der Waals surface area contributed by atoms with Crippen LogP contribution in [0.4, 0.5) is 5.82 Å². The fraction of sp³-hybridized carbons (Fsp3) is 0.455. The number of aromatic nitrogens is 4. The predicted octanol–water partition coefficient (Wildman–Crippen LogP) is 1.17. The minimum atomic E-state index is -4.09. The van der Waals surface area contributed by atoms with E-state index in [0.29, 0.717) is 42.3 Å². The molecule has 0 radical (unpaired) electrons. The van der Waals surface area contributed by atoms with Crippen molar-refractivity contribution in [1.82, 2.24) is 19.7 Å². The van der Waals surface area contributed by atoms with E-state index in [1.807, 2.05) is 29.2 Å². The van der Waals surface area contributed by atoms with Crippen molar-refractivity contribution >= 4 is 33.2 Å². The van der Waals surface area contributed by atoms with Crippen LogP contribution in [0.2, 0.25) is 0 Å². The highest BCUT2D eigenvalue weighted by atomic mass is 32.2. The van der Waals surface area contributed by atoms with E-state index in [1.54, 1.807) is 0 Å². The van der Waals surface area contributed by atoms with Crippen LogP contribution in [0.25, 0.3) is 0 Å². The molecule has 14 heteroatoms. The van der Waals surface area contributed by atoms with E-state index in [2.05, 4.69) is 24.6 Å². The normalized spacial score (nSPS) is 24.0. The number of rotatable bonds is 8. The largest absolute Gasteiger partial charge is 0.393 e. The Kier molecular flexibility index (Phi) is 6.89. The second kappa shape index (κ2) is 9.95. The summed E-state index contributed by atoms with van der Waals surface area (Å²) in [6.07, 6.45) is 4.30. The Morgan fingerprint density at radius 1 is 1.39 bits per heavy atom. The molecular weight excluding hydrogens is 508 g/mol. The Balaban J connectivity index is 1.31. The molecule has 0 saturated heterocycles. The van der Waals surface area contributed by atoms with Crippen LogP contribution in [0.5, 0.6) is 0 Å². The molecule has 12 nitrogen and oxygen atoms in total. The number of aryl methyl sites for hydroxylation is 1. The fourth-order valence-corrected chi connectivity index (χ4v) is 5.97. The van der Waals surface area contributed by atoms with Crippen LogP contribution in [0.1, 0.15) is 51.0 Å². The average molecular weight is 535 g/mol. The highest BCUT2D eigenvalue weighted by molar-refractivity contribution is 7.84. The number of anilines is 1. The standard InChI is InChI=1S/C22H26N6O6S2/c1-12-7-26-28-2-3-33-21(19(12)28)14-5-18(35-10-14)20(30)16-8-24-11-25-22(16)27-15-4-13(17(29)6-15)9-34-36(23,31)32/h5,7-8,10-11,13,15,17,21,29H,2-4,6,9H2,1H3,(H2,23,31,32)(H,24,25,27)/t13-,15?,17+,21?/m1/s1. The zero-order valence-corrected chi connectivity index (χ0v) is 21.0. The van der Waals surface area contributed by atoms with Gasteiger partial charge in [0, 0.05) is 18.2 Å². The lowest BCUT2D eigenvalue weighted by Crippen LogP contribution is -2.24. The molecular formula is C22H26N6O6S2. The van der Waals surface area contributed by atoms with Gasteiger partial charge in [-0.2, -0.15) is 13.5 Å². The summed E-state index contributed by atoms with van der Waals surface area (Å²) in [6.45, 7) is 3.00. The lowest BCUT2D eigenvalue weighted by molar-refractivity contribution is 0.0420. The Labute approximate surface area is 211 Å². The number of carbonyl (C=O) groups excluding carboxylic acids is 1. The summed E-state index contributed by atoms with van der Waals surface area (Å²) >= 11 is 1.32. The minimum Gasteiger partial charge on any atom is -0.393 e. The minimum absolute atomic E-state index is 0.215. The number of nitrogens with one attached hydrogen (secondary N) is 1. The average Bonchev–Trinajstić information content (AvgIpc) is 3.56. The van der Waals surface area contributed by atoms with E-state index in [1.165, 1.54) is 23.9 Å². The van der Waals surface area contributed by atoms with Gasteiger partial charge < -0.3 is 15.2 Å². The van der Waals surface area contributed by atoms with E-state index in [4.69, 9.17) is 9.88 Å². The van der Waals surface area contributed by atoms with Crippen molar-refractivity contribution in [3.8, 4) is 0 Å². The zero-order chi connectivity index (χ0) is 25.4. The van der Waals surface area contributed by atoms with Gasteiger partial charge in [-0.1, -0.05) is 0 Å². The molecule has 192 valence electrons. The first kappa shape index (κ1) is 24.9. The highest BCUT2D eigenvalue weighted by Gasteiger charge is 2.35. The molecule has 4 heterocycles. The number of aliphatic hydroxyl groups is 1. The monoisotopic (exact) mass is 534 g/mol. The van der Waals surface area contributed by atoms with Gasteiger partial charge in [0.25, 0.3) is 0 Å². The van der Waals surface area contributed by atoms with Crippen molar-refractivity contribution in [3.05, 3.63) is 57.4 Å². The number of ether oxygens (including phenoxy) is 1. The summed E-state index contributed by atoms with van der Waals surface area (Å²) in [7, 11) is -4.09.